The molecule has 1 aliphatic rings. The monoisotopic (exact) mass is 332 g/mol. The molecule has 6 heteroatoms. The molecule has 0 saturated carbocycles. The Labute approximate surface area is 128 Å². The van der Waals surface area contributed by atoms with Gasteiger partial charge in [0.25, 0.3) is 0 Å². The lowest BCUT2D eigenvalue weighted by Crippen LogP contribution is -2.79. The molecule has 0 aromatic heterocycles. The van der Waals surface area contributed by atoms with E-state index in [0.29, 0.717) is 0 Å². The Morgan fingerprint density at radius 2 is 1.55 bits per heavy atom. The molecule has 3 nitrogen and oxygen atoms in total. The second-order valence-corrected chi connectivity index (χ2v) is 34.9. The average Bonchev–Trinajstić information content (AvgIpc) is 2.31. The van der Waals surface area contributed by atoms with Crippen molar-refractivity contribution in [1.29, 1.82) is 0 Å². The van der Waals surface area contributed by atoms with E-state index in [1.54, 1.807) is 0 Å². The molecule has 1 fully saturated rings. The lowest BCUT2D eigenvalue weighted by atomic mass is 10.0. The van der Waals surface area contributed by atoms with E-state index in [4.69, 9.17) is 15.9 Å². The normalized spacial score (nSPS) is 36.0. The molecule has 0 aromatic carbocycles. The third-order valence-corrected chi connectivity index (χ3v) is 46.7. The Bertz CT molecular complexity index is 338. The summed E-state index contributed by atoms with van der Waals surface area (Å²) in [6, 6.07) is 2.73. The van der Waals surface area contributed by atoms with Crippen LogP contribution < -0.4 is 11.5 Å². The van der Waals surface area contributed by atoms with E-state index in [0.717, 1.165) is 25.9 Å². The molecular formula is C14H36N2OSi3. The van der Waals surface area contributed by atoms with E-state index >= 15 is 0 Å². The van der Waals surface area contributed by atoms with Crippen molar-refractivity contribution in [3.8, 4) is 0 Å². The Morgan fingerprint density at radius 1 is 1.00 bits per heavy atom. The molecule has 4 N–H and O–H groups in total. The van der Waals surface area contributed by atoms with Crippen LogP contribution in [0.4, 0.5) is 0 Å². The molecular weight excluding hydrogens is 296 g/mol. The molecule has 1 rings (SSSR count). The van der Waals surface area contributed by atoms with Crippen LogP contribution in [-0.4, -0.2) is 41.2 Å². The number of rotatable bonds is 6. The third kappa shape index (κ3) is 3.47. The van der Waals surface area contributed by atoms with E-state index in [2.05, 4.69) is 39.7 Å². The first-order valence-corrected chi connectivity index (χ1v) is 19.0. The summed E-state index contributed by atoms with van der Waals surface area (Å²) >= 11 is 0. The molecule has 2 atom stereocenters. The van der Waals surface area contributed by atoms with Gasteiger partial charge in [-0.25, -0.2) is 0 Å². The number of hydrogen-bond acceptors (Lipinski definition) is 3. The Kier molecular flexibility index (Phi) is 5.89. The van der Waals surface area contributed by atoms with Crippen LogP contribution in [0, 0.1) is 0 Å². The van der Waals surface area contributed by atoms with Gasteiger partial charge in [0.15, 0.2) is 7.83 Å². The van der Waals surface area contributed by atoms with Crippen LogP contribution in [0.3, 0.4) is 0 Å². The standard InChI is InChI=1S/C14H36N2OSi3/c1-14(9-7-10-15)13-20(6,12-8-11-16)19(4,5)18(2,3)17-14/h7-13,15-16H2,1-6H3. The van der Waals surface area contributed by atoms with Gasteiger partial charge in [-0.2, -0.15) is 0 Å². The lowest BCUT2D eigenvalue weighted by Gasteiger charge is -2.60. The topological polar surface area (TPSA) is 61.3 Å². The Hall–Kier alpha value is 0.531. The van der Waals surface area contributed by atoms with Crippen LogP contribution in [0.25, 0.3) is 0 Å². The number of hydrogen-bond donors (Lipinski definition) is 2. The molecule has 0 bridgehead atoms. The van der Waals surface area contributed by atoms with E-state index < -0.39 is 22.5 Å². The van der Waals surface area contributed by atoms with Gasteiger partial charge in [0.05, 0.1) is 12.7 Å². The maximum atomic E-state index is 6.80. The van der Waals surface area contributed by atoms with E-state index in [9.17, 15) is 0 Å². The minimum Gasteiger partial charge on any atom is -0.415 e. The van der Waals surface area contributed by atoms with Crippen LogP contribution in [-0.2, 0) is 4.43 Å². The summed E-state index contributed by atoms with van der Waals surface area (Å²) < 4.78 is 6.80. The van der Waals surface area contributed by atoms with Crippen molar-refractivity contribution in [2.75, 3.05) is 13.1 Å². The summed E-state index contributed by atoms with van der Waals surface area (Å²) in [7, 11) is -4.09. The maximum Gasteiger partial charge on any atom is 0.172 e. The van der Waals surface area contributed by atoms with Gasteiger partial charge in [-0.05, 0) is 58.4 Å². The van der Waals surface area contributed by atoms with Crippen LogP contribution in [0.2, 0.25) is 44.8 Å². The first kappa shape index (κ1) is 18.6. The van der Waals surface area contributed by atoms with Gasteiger partial charge in [-0.1, -0.05) is 25.7 Å². The predicted molar refractivity (Wildman–Crippen MR) is 97.6 cm³/mol. The van der Waals surface area contributed by atoms with Gasteiger partial charge < -0.3 is 15.9 Å². The molecule has 0 aliphatic carbocycles. The maximum absolute atomic E-state index is 6.80. The molecule has 1 saturated heterocycles. The Balaban J connectivity index is 3.06. The molecule has 0 amide bonds. The average molecular weight is 333 g/mol. The smallest absolute Gasteiger partial charge is 0.172 e. The third-order valence-electron chi connectivity index (χ3n) is 6.12. The zero-order valence-corrected chi connectivity index (χ0v) is 17.5. The zero-order valence-electron chi connectivity index (χ0n) is 14.5. The summed E-state index contributed by atoms with van der Waals surface area (Å²) in [5.41, 5.74) is 11.6. The van der Waals surface area contributed by atoms with Gasteiger partial charge in [-0.15, -0.1) is 0 Å². The molecule has 20 heavy (non-hydrogen) atoms. The van der Waals surface area contributed by atoms with Gasteiger partial charge in [-0.3, -0.25) is 0 Å². The van der Waals surface area contributed by atoms with Gasteiger partial charge in [0.1, 0.15) is 0 Å². The predicted octanol–water partition coefficient (Wildman–Crippen LogP) is 3.01. The quantitative estimate of drug-likeness (QED) is 0.735. The fourth-order valence-electron chi connectivity index (χ4n) is 4.06. The van der Waals surface area contributed by atoms with Crippen molar-refractivity contribution in [2.45, 2.75) is 76.6 Å². The van der Waals surface area contributed by atoms with E-state index in [1.165, 1.54) is 18.5 Å². The Morgan fingerprint density at radius 3 is 2.05 bits per heavy atom. The SMILES string of the molecule is CC1(CCCN)C[Si](C)(CCCN)[Si](C)(C)[Si](C)(C)O1. The molecule has 1 aliphatic heterocycles. The van der Waals surface area contributed by atoms with Crippen molar-refractivity contribution in [3.63, 3.8) is 0 Å². The molecule has 0 radical (unpaired) electrons. The zero-order chi connectivity index (χ0) is 15.7. The molecule has 120 valence electrons. The first-order valence-electron chi connectivity index (χ1n) is 8.14. The summed E-state index contributed by atoms with van der Waals surface area (Å²) in [5, 5.41) is 0. The van der Waals surface area contributed by atoms with E-state index in [1.807, 2.05) is 0 Å². The van der Waals surface area contributed by atoms with Crippen molar-refractivity contribution in [1.82, 2.24) is 0 Å². The fraction of sp³-hybridized carbons (Fsp3) is 1.00. The van der Waals surface area contributed by atoms with Crippen LogP contribution in [0.15, 0.2) is 0 Å². The highest BCUT2D eigenvalue weighted by molar-refractivity contribution is 7.67. The van der Waals surface area contributed by atoms with Crippen LogP contribution in [0.1, 0.15) is 26.2 Å². The van der Waals surface area contributed by atoms with E-state index in [-0.39, 0.29) is 5.60 Å². The molecule has 2 unspecified atom stereocenters. The molecule has 0 aromatic rings. The second kappa shape index (κ2) is 6.34. The summed E-state index contributed by atoms with van der Waals surface area (Å²) in [5.74, 6) is 0. The van der Waals surface area contributed by atoms with Crippen molar-refractivity contribution < 1.29 is 4.43 Å². The van der Waals surface area contributed by atoms with Gasteiger partial charge in [0, 0.05) is 7.59 Å². The van der Waals surface area contributed by atoms with Crippen molar-refractivity contribution >= 4 is 22.5 Å². The second-order valence-electron chi connectivity index (χ2n) is 8.21. The summed E-state index contributed by atoms with van der Waals surface area (Å²) in [6.07, 6.45) is 3.43. The highest BCUT2D eigenvalue weighted by atomic mass is 29.6. The minimum atomic E-state index is -1.57. The lowest BCUT2D eigenvalue weighted by molar-refractivity contribution is 0.0891. The highest BCUT2D eigenvalue weighted by Crippen LogP contribution is 2.47. The fourth-order valence-corrected chi connectivity index (χ4v) is 37.6. The number of nitrogens with two attached hydrogens (primary N) is 2. The van der Waals surface area contributed by atoms with Gasteiger partial charge in [0.2, 0.25) is 0 Å². The summed E-state index contributed by atoms with van der Waals surface area (Å²) in [6.45, 7) is 16.8. The molecule has 0 spiro atoms. The minimum absolute atomic E-state index is 0.0905. The molecule has 1 heterocycles. The summed E-state index contributed by atoms with van der Waals surface area (Å²) in [4.78, 5) is 0. The van der Waals surface area contributed by atoms with Crippen molar-refractivity contribution in [3.05, 3.63) is 0 Å². The largest absolute Gasteiger partial charge is 0.415 e. The highest BCUT2D eigenvalue weighted by Gasteiger charge is 2.62. The van der Waals surface area contributed by atoms with Crippen LogP contribution >= 0.6 is 0 Å². The van der Waals surface area contributed by atoms with Crippen molar-refractivity contribution in [2.24, 2.45) is 11.5 Å². The van der Waals surface area contributed by atoms with Gasteiger partial charge >= 0.3 is 0 Å². The first-order chi connectivity index (χ1) is 9.04. The van der Waals surface area contributed by atoms with Crippen LogP contribution in [0.5, 0.6) is 0 Å².